The zero-order valence-electron chi connectivity index (χ0n) is 14.7. The Hall–Kier alpha value is -2.66. The van der Waals surface area contributed by atoms with Crippen molar-refractivity contribution in [3.63, 3.8) is 0 Å². The van der Waals surface area contributed by atoms with E-state index in [1.807, 2.05) is 23.2 Å². The molecule has 2 aromatic heterocycles. The molecule has 1 amide bonds. The third-order valence-corrected chi connectivity index (χ3v) is 4.91. The third-order valence-electron chi connectivity index (χ3n) is 4.91. The second kappa shape index (κ2) is 7.70. The Morgan fingerprint density at radius 1 is 1.27 bits per heavy atom. The average molecular weight is 349 g/mol. The van der Waals surface area contributed by atoms with Gasteiger partial charge in [-0.25, -0.2) is 0 Å². The SMILES string of the molecule is O=C(Cc1cccnc1)N1CCOCC(Cc2ccc3[nH]ccc3c2)C1. The number of aromatic nitrogens is 2. The average Bonchev–Trinajstić information content (AvgIpc) is 3.00. The number of nitrogens with one attached hydrogen (secondary N) is 1. The summed E-state index contributed by atoms with van der Waals surface area (Å²) in [5.74, 6) is 0.460. The maximum atomic E-state index is 12.7. The molecule has 0 spiro atoms. The fraction of sp³-hybridized carbons (Fsp3) is 0.333. The van der Waals surface area contributed by atoms with E-state index in [-0.39, 0.29) is 5.91 Å². The van der Waals surface area contributed by atoms with E-state index in [2.05, 4.69) is 34.2 Å². The Labute approximate surface area is 153 Å². The molecule has 1 N–H and O–H groups in total. The minimum Gasteiger partial charge on any atom is -0.379 e. The van der Waals surface area contributed by atoms with E-state index in [1.54, 1.807) is 12.4 Å². The first-order chi connectivity index (χ1) is 12.8. The molecular weight excluding hydrogens is 326 g/mol. The Balaban J connectivity index is 1.42. The molecule has 1 aliphatic heterocycles. The number of benzene rings is 1. The van der Waals surface area contributed by atoms with Crippen molar-refractivity contribution in [1.29, 1.82) is 0 Å². The smallest absolute Gasteiger partial charge is 0.227 e. The Morgan fingerprint density at radius 3 is 3.12 bits per heavy atom. The number of rotatable bonds is 4. The molecule has 0 aliphatic carbocycles. The quantitative estimate of drug-likeness (QED) is 0.788. The molecule has 1 aliphatic rings. The van der Waals surface area contributed by atoms with Crippen molar-refractivity contribution < 1.29 is 9.53 Å². The van der Waals surface area contributed by atoms with Gasteiger partial charge < -0.3 is 14.6 Å². The fourth-order valence-corrected chi connectivity index (χ4v) is 3.58. The number of pyridine rings is 1. The van der Waals surface area contributed by atoms with E-state index in [9.17, 15) is 4.79 Å². The van der Waals surface area contributed by atoms with Crippen LogP contribution >= 0.6 is 0 Å². The highest BCUT2D eigenvalue weighted by Crippen LogP contribution is 2.19. The van der Waals surface area contributed by atoms with Gasteiger partial charge in [-0.05, 0) is 47.2 Å². The summed E-state index contributed by atoms with van der Waals surface area (Å²) in [6, 6.07) is 12.4. The van der Waals surface area contributed by atoms with Crippen molar-refractivity contribution >= 4 is 16.8 Å². The van der Waals surface area contributed by atoms with Crippen molar-refractivity contribution in [1.82, 2.24) is 14.9 Å². The van der Waals surface area contributed by atoms with E-state index in [4.69, 9.17) is 4.74 Å². The van der Waals surface area contributed by atoms with Crippen LogP contribution in [0.4, 0.5) is 0 Å². The number of amides is 1. The lowest BCUT2D eigenvalue weighted by molar-refractivity contribution is -0.130. The topological polar surface area (TPSA) is 58.2 Å². The van der Waals surface area contributed by atoms with Gasteiger partial charge in [-0.1, -0.05) is 12.1 Å². The highest BCUT2D eigenvalue weighted by Gasteiger charge is 2.23. The van der Waals surface area contributed by atoms with Gasteiger partial charge in [0.05, 0.1) is 19.6 Å². The summed E-state index contributed by atoms with van der Waals surface area (Å²) in [7, 11) is 0. The summed E-state index contributed by atoms with van der Waals surface area (Å²) in [6.45, 7) is 2.70. The first-order valence-electron chi connectivity index (χ1n) is 9.08. The van der Waals surface area contributed by atoms with Gasteiger partial charge in [-0.15, -0.1) is 0 Å². The van der Waals surface area contributed by atoms with Gasteiger partial charge in [-0.3, -0.25) is 9.78 Å². The van der Waals surface area contributed by atoms with Crippen LogP contribution < -0.4 is 0 Å². The monoisotopic (exact) mass is 349 g/mol. The van der Waals surface area contributed by atoms with E-state index in [0.29, 0.717) is 32.1 Å². The number of aromatic amines is 1. The molecule has 3 heterocycles. The summed E-state index contributed by atoms with van der Waals surface area (Å²) in [6.07, 6.45) is 6.76. The molecule has 1 saturated heterocycles. The fourth-order valence-electron chi connectivity index (χ4n) is 3.58. The first-order valence-corrected chi connectivity index (χ1v) is 9.08. The highest BCUT2D eigenvalue weighted by molar-refractivity contribution is 5.80. The van der Waals surface area contributed by atoms with Gasteiger partial charge in [0.1, 0.15) is 0 Å². The molecule has 1 aromatic carbocycles. The summed E-state index contributed by atoms with van der Waals surface area (Å²) >= 11 is 0. The minimum atomic E-state index is 0.148. The van der Waals surface area contributed by atoms with Crippen LogP contribution in [-0.2, 0) is 22.4 Å². The molecule has 134 valence electrons. The number of carbonyl (C=O) groups excluding carboxylic acids is 1. The summed E-state index contributed by atoms with van der Waals surface area (Å²) < 4.78 is 5.77. The van der Waals surface area contributed by atoms with Crippen molar-refractivity contribution in [2.45, 2.75) is 12.8 Å². The van der Waals surface area contributed by atoms with Gasteiger partial charge in [0.25, 0.3) is 0 Å². The van der Waals surface area contributed by atoms with Gasteiger partial charge in [0.15, 0.2) is 0 Å². The normalized spacial score (nSPS) is 18.0. The number of fused-ring (bicyclic) bond motifs is 1. The lowest BCUT2D eigenvalue weighted by atomic mass is 9.98. The number of ether oxygens (including phenoxy) is 1. The highest BCUT2D eigenvalue weighted by atomic mass is 16.5. The molecular formula is C21H23N3O2. The Kier molecular flexibility index (Phi) is 4.97. The molecule has 3 aromatic rings. The van der Waals surface area contributed by atoms with Crippen LogP contribution in [0.5, 0.6) is 0 Å². The number of hydrogen-bond donors (Lipinski definition) is 1. The summed E-state index contributed by atoms with van der Waals surface area (Å²) in [4.78, 5) is 22.0. The molecule has 5 heteroatoms. The van der Waals surface area contributed by atoms with Crippen LogP contribution in [0.15, 0.2) is 55.0 Å². The van der Waals surface area contributed by atoms with Crippen molar-refractivity contribution in [3.05, 3.63) is 66.1 Å². The maximum Gasteiger partial charge on any atom is 0.227 e. The summed E-state index contributed by atoms with van der Waals surface area (Å²) in [5.41, 5.74) is 3.39. The number of hydrogen-bond acceptors (Lipinski definition) is 3. The van der Waals surface area contributed by atoms with Crippen LogP contribution in [0.1, 0.15) is 11.1 Å². The Bertz CT molecular complexity index is 875. The molecule has 4 rings (SSSR count). The lowest BCUT2D eigenvalue weighted by Gasteiger charge is -2.24. The van der Waals surface area contributed by atoms with Crippen LogP contribution in [0, 0.1) is 5.92 Å². The molecule has 1 atom stereocenters. The molecule has 5 nitrogen and oxygen atoms in total. The minimum absolute atomic E-state index is 0.148. The van der Waals surface area contributed by atoms with E-state index >= 15 is 0 Å². The van der Waals surface area contributed by atoms with Crippen LogP contribution in [0.25, 0.3) is 10.9 Å². The zero-order valence-corrected chi connectivity index (χ0v) is 14.7. The second-order valence-electron chi connectivity index (χ2n) is 6.92. The van der Waals surface area contributed by atoms with Crippen LogP contribution in [-0.4, -0.2) is 47.1 Å². The Morgan fingerprint density at radius 2 is 2.23 bits per heavy atom. The van der Waals surface area contributed by atoms with Crippen molar-refractivity contribution in [3.8, 4) is 0 Å². The van der Waals surface area contributed by atoms with E-state index in [1.165, 1.54) is 10.9 Å². The van der Waals surface area contributed by atoms with Crippen molar-refractivity contribution in [2.24, 2.45) is 5.92 Å². The standard InChI is InChI=1S/C21H23N3O2/c25-21(12-17-2-1-6-22-13-17)24-8-9-26-15-18(14-24)10-16-3-4-20-19(11-16)5-7-23-20/h1-7,11,13,18,23H,8-10,12,14-15H2. The zero-order chi connectivity index (χ0) is 17.8. The summed E-state index contributed by atoms with van der Waals surface area (Å²) in [5, 5.41) is 1.22. The van der Waals surface area contributed by atoms with Gasteiger partial charge in [0.2, 0.25) is 5.91 Å². The molecule has 26 heavy (non-hydrogen) atoms. The number of carbonyl (C=O) groups is 1. The molecule has 0 radical (unpaired) electrons. The number of nitrogens with zero attached hydrogens (tertiary/aromatic N) is 2. The molecule has 1 fully saturated rings. The van der Waals surface area contributed by atoms with E-state index < -0.39 is 0 Å². The largest absolute Gasteiger partial charge is 0.379 e. The predicted octanol–water partition coefficient (Wildman–Crippen LogP) is 2.82. The molecule has 0 bridgehead atoms. The lowest BCUT2D eigenvalue weighted by Crippen LogP contribution is -2.37. The van der Waals surface area contributed by atoms with Crippen LogP contribution in [0.3, 0.4) is 0 Å². The van der Waals surface area contributed by atoms with Gasteiger partial charge in [0, 0.05) is 43.1 Å². The van der Waals surface area contributed by atoms with Crippen molar-refractivity contribution in [2.75, 3.05) is 26.3 Å². The van der Waals surface area contributed by atoms with Gasteiger partial charge in [-0.2, -0.15) is 0 Å². The third kappa shape index (κ3) is 3.94. The predicted molar refractivity (Wildman–Crippen MR) is 101 cm³/mol. The first kappa shape index (κ1) is 16.8. The van der Waals surface area contributed by atoms with Gasteiger partial charge >= 0.3 is 0 Å². The molecule has 0 saturated carbocycles. The second-order valence-corrected chi connectivity index (χ2v) is 6.92. The van der Waals surface area contributed by atoms with E-state index in [0.717, 1.165) is 24.0 Å². The number of H-pyrrole nitrogens is 1. The molecule has 1 unspecified atom stereocenters. The maximum absolute atomic E-state index is 12.7. The van der Waals surface area contributed by atoms with Crippen LogP contribution in [0.2, 0.25) is 0 Å².